The van der Waals surface area contributed by atoms with E-state index in [1.165, 1.54) is 5.69 Å². The van der Waals surface area contributed by atoms with Gasteiger partial charge in [-0.1, -0.05) is 20.8 Å². The monoisotopic (exact) mass is 287 g/mol. The number of aromatic nitrogens is 2. The maximum Gasteiger partial charge on any atom is 0.0635 e. The van der Waals surface area contributed by atoms with Crippen molar-refractivity contribution in [3.05, 3.63) is 16.4 Å². The molecular weight excluding hydrogens is 266 g/mol. The van der Waals surface area contributed by atoms with Crippen LogP contribution >= 0.6 is 15.9 Å². The third-order valence-corrected chi connectivity index (χ3v) is 3.52. The summed E-state index contributed by atoms with van der Waals surface area (Å²) in [6, 6.07) is 0.951. The molecule has 2 unspecified atom stereocenters. The van der Waals surface area contributed by atoms with Crippen molar-refractivity contribution in [2.45, 2.75) is 59.2 Å². The second-order valence-electron chi connectivity index (χ2n) is 4.59. The Hall–Kier alpha value is -0.350. The van der Waals surface area contributed by atoms with Gasteiger partial charge >= 0.3 is 0 Å². The molecule has 3 nitrogen and oxygen atoms in total. The standard InChI is InChI=1S/C12H22BrN3/c1-6-16-12(11(13)7-14-16)9(4)10(5)15-8(2)3/h7-10,15H,6H2,1-5H3. The summed E-state index contributed by atoms with van der Waals surface area (Å²) in [5.41, 5.74) is 1.28. The average Bonchev–Trinajstić information content (AvgIpc) is 2.57. The summed E-state index contributed by atoms with van der Waals surface area (Å²) in [4.78, 5) is 0. The molecule has 0 saturated heterocycles. The molecule has 0 aliphatic carbocycles. The highest BCUT2D eigenvalue weighted by Crippen LogP contribution is 2.27. The lowest BCUT2D eigenvalue weighted by Crippen LogP contribution is -2.36. The van der Waals surface area contributed by atoms with Gasteiger partial charge in [-0.05, 0) is 29.8 Å². The SMILES string of the molecule is CCn1ncc(Br)c1C(C)C(C)NC(C)C. The van der Waals surface area contributed by atoms with E-state index >= 15 is 0 Å². The summed E-state index contributed by atoms with van der Waals surface area (Å²) in [5.74, 6) is 0.444. The van der Waals surface area contributed by atoms with E-state index in [0.717, 1.165) is 11.0 Å². The van der Waals surface area contributed by atoms with Crippen LogP contribution in [0.1, 0.15) is 46.2 Å². The second-order valence-corrected chi connectivity index (χ2v) is 5.45. The molecule has 2 atom stereocenters. The Bertz CT molecular complexity index is 333. The van der Waals surface area contributed by atoms with Gasteiger partial charge in [-0.2, -0.15) is 5.10 Å². The summed E-state index contributed by atoms with van der Waals surface area (Å²) >= 11 is 3.58. The predicted octanol–water partition coefficient (Wildman–Crippen LogP) is 3.16. The molecule has 0 aliphatic rings. The molecule has 1 heterocycles. The lowest BCUT2D eigenvalue weighted by atomic mass is 9.99. The fourth-order valence-corrected chi connectivity index (χ4v) is 2.64. The number of hydrogen-bond acceptors (Lipinski definition) is 2. The van der Waals surface area contributed by atoms with Crippen molar-refractivity contribution in [3.8, 4) is 0 Å². The van der Waals surface area contributed by atoms with Gasteiger partial charge in [0.2, 0.25) is 0 Å². The number of nitrogens with zero attached hydrogens (tertiary/aromatic N) is 2. The molecule has 0 aromatic carbocycles. The van der Waals surface area contributed by atoms with Gasteiger partial charge in [0.1, 0.15) is 0 Å². The Kier molecular flexibility index (Phi) is 4.99. The summed E-state index contributed by atoms with van der Waals surface area (Å²) in [6.45, 7) is 11.9. The molecule has 0 saturated carbocycles. The number of nitrogens with one attached hydrogen (secondary N) is 1. The van der Waals surface area contributed by atoms with Gasteiger partial charge in [-0.3, -0.25) is 4.68 Å². The zero-order valence-electron chi connectivity index (χ0n) is 10.8. The summed E-state index contributed by atoms with van der Waals surface area (Å²) < 4.78 is 3.17. The molecule has 1 aromatic heterocycles. The molecule has 16 heavy (non-hydrogen) atoms. The fourth-order valence-electron chi connectivity index (χ4n) is 1.98. The molecule has 1 aromatic rings. The van der Waals surface area contributed by atoms with E-state index in [9.17, 15) is 0 Å². The smallest absolute Gasteiger partial charge is 0.0635 e. The molecular formula is C12H22BrN3. The minimum atomic E-state index is 0.443. The highest BCUT2D eigenvalue weighted by atomic mass is 79.9. The molecule has 1 rings (SSSR count). The summed E-state index contributed by atoms with van der Waals surface area (Å²) in [6.07, 6.45) is 1.89. The average molecular weight is 288 g/mol. The molecule has 0 amide bonds. The van der Waals surface area contributed by atoms with Crippen LogP contribution in [-0.4, -0.2) is 21.9 Å². The Morgan fingerprint density at radius 2 is 2.00 bits per heavy atom. The first-order chi connectivity index (χ1) is 7.47. The van der Waals surface area contributed by atoms with Gasteiger partial charge in [-0.15, -0.1) is 0 Å². The highest BCUT2D eigenvalue weighted by Gasteiger charge is 2.21. The fraction of sp³-hybridized carbons (Fsp3) is 0.750. The third kappa shape index (κ3) is 3.08. The predicted molar refractivity (Wildman–Crippen MR) is 71.7 cm³/mol. The van der Waals surface area contributed by atoms with Crippen LogP contribution in [0.3, 0.4) is 0 Å². The molecule has 0 aliphatic heterocycles. The maximum atomic E-state index is 4.36. The van der Waals surface area contributed by atoms with Crippen molar-refractivity contribution in [1.29, 1.82) is 0 Å². The van der Waals surface area contributed by atoms with Gasteiger partial charge in [-0.25, -0.2) is 0 Å². The van der Waals surface area contributed by atoms with Crippen LogP contribution in [0.25, 0.3) is 0 Å². The van der Waals surface area contributed by atoms with Crippen LogP contribution in [0, 0.1) is 0 Å². The topological polar surface area (TPSA) is 29.9 Å². The summed E-state index contributed by atoms with van der Waals surface area (Å²) in [7, 11) is 0. The van der Waals surface area contributed by atoms with E-state index in [1.807, 2.05) is 6.20 Å². The first-order valence-corrected chi connectivity index (χ1v) is 6.73. The normalized spacial score (nSPS) is 15.4. The Morgan fingerprint density at radius 1 is 1.38 bits per heavy atom. The molecule has 0 fully saturated rings. The van der Waals surface area contributed by atoms with E-state index in [1.54, 1.807) is 0 Å². The first-order valence-electron chi connectivity index (χ1n) is 5.94. The van der Waals surface area contributed by atoms with Crippen LogP contribution in [-0.2, 0) is 6.54 Å². The van der Waals surface area contributed by atoms with E-state index in [2.05, 4.69) is 65.6 Å². The van der Waals surface area contributed by atoms with Crippen LogP contribution in [0.15, 0.2) is 10.7 Å². The second kappa shape index (κ2) is 5.82. The van der Waals surface area contributed by atoms with Crippen molar-refractivity contribution in [2.75, 3.05) is 0 Å². The van der Waals surface area contributed by atoms with Crippen molar-refractivity contribution in [3.63, 3.8) is 0 Å². The van der Waals surface area contributed by atoms with Crippen LogP contribution in [0.2, 0.25) is 0 Å². The minimum absolute atomic E-state index is 0.443. The number of hydrogen-bond donors (Lipinski definition) is 1. The molecule has 0 radical (unpaired) electrons. The number of aryl methyl sites for hydroxylation is 1. The van der Waals surface area contributed by atoms with Crippen molar-refractivity contribution in [2.24, 2.45) is 0 Å². The molecule has 0 spiro atoms. The lowest BCUT2D eigenvalue weighted by Gasteiger charge is -2.24. The first kappa shape index (κ1) is 13.7. The van der Waals surface area contributed by atoms with Gasteiger partial charge in [0, 0.05) is 24.5 Å². The Balaban J connectivity index is 2.86. The molecule has 1 N–H and O–H groups in total. The minimum Gasteiger partial charge on any atom is -0.311 e. The van der Waals surface area contributed by atoms with E-state index in [4.69, 9.17) is 0 Å². The number of halogens is 1. The van der Waals surface area contributed by atoms with Gasteiger partial charge in [0.25, 0.3) is 0 Å². The third-order valence-electron chi connectivity index (χ3n) is 2.91. The molecule has 92 valence electrons. The van der Waals surface area contributed by atoms with Crippen molar-refractivity contribution < 1.29 is 0 Å². The largest absolute Gasteiger partial charge is 0.311 e. The lowest BCUT2D eigenvalue weighted by molar-refractivity contribution is 0.419. The maximum absolute atomic E-state index is 4.36. The highest BCUT2D eigenvalue weighted by molar-refractivity contribution is 9.10. The van der Waals surface area contributed by atoms with Gasteiger partial charge in [0.15, 0.2) is 0 Å². The summed E-state index contributed by atoms with van der Waals surface area (Å²) in [5, 5.41) is 7.91. The quantitative estimate of drug-likeness (QED) is 0.902. The Morgan fingerprint density at radius 3 is 2.50 bits per heavy atom. The van der Waals surface area contributed by atoms with Crippen molar-refractivity contribution in [1.82, 2.24) is 15.1 Å². The van der Waals surface area contributed by atoms with Gasteiger partial charge < -0.3 is 5.32 Å². The van der Waals surface area contributed by atoms with Gasteiger partial charge in [0.05, 0.1) is 16.4 Å². The van der Waals surface area contributed by atoms with Crippen LogP contribution in [0.4, 0.5) is 0 Å². The zero-order chi connectivity index (χ0) is 12.3. The van der Waals surface area contributed by atoms with Crippen LogP contribution in [0.5, 0.6) is 0 Å². The number of rotatable bonds is 5. The van der Waals surface area contributed by atoms with E-state index < -0.39 is 0 Å². The van der Waals surface area contributed by atoms with E-state index in [0.29, 0.717) is 18.0 Å². The Labute approximate surface area is 107 Å². The molecule has 0 bridgehead atoms. The van der Waals surface area contributed by atoms with E-state index in [-0.39, 0.29) is 0 Å². The zero-order valence-corrected chi connectivity index (χ0v) is 12.4. The van der Waals surface area contributed by atoms with Crippen molar-refractivity contribution >= 4 is 15.9 Å². The molecule has 4 heteroatoms. The van der Waals surface area contributed by atoms with Crippen LogP contribution < -0.4 is 5.32 Å².